The Morgan fingerprint density at radius 1 is 1.31 bits per heavy atom. The molecule has 2 amide bonds. The van der Waals surface area contributed by atoms with Gasteiger partial charge in [-0.3, -0.25) is 4.79 Å². The monoisotopic (exact) mass is 383 g/mol. The zero-order valence-electron chi connectivity index (χ0n) is 15.5. The summed E-state index contributed by atoms with van der Waals surface area (Å²) in [6.45, 7) is 8.46. The number of thiazole rings is 1. The van der Waals surface area contributed by atoms with Crippen molar-refractivity contribution < 1.29 is 23.9 Å². The molecule has 1 saturated heterocycles. The summed E-state index contributed by atoms with van der Waals surface area (Å²) in [5.74, 6) is -0.675. The van der Waals surface area contributed by atoms with Crippen LogP contribution < -0.4 is 5.32 Å². The van der Waals surface area contributed by atoms with E-state index in [0.29, 0.717) is 30.8 Å². The maximum absolute atomic E-state index is 12.5. The lowest BCUT2D eigenvalue weighted by atomic mass is 10.1. The first-order valence-corrected chi connectivity index (χ1v) is 9.43. The van der Waals surface area contributed by atoms with Crippen LogP contribution >= 0.6 is 11.3 Å². The van der Waals surface area contributed by atoms with Gasteiger partial charge in [0.2, 0.25) is 5.01 Å². The number of carbonyl (C=O) groups excluding carboxylic acids is 3. The highest BCUT2D eigenvalue weighted by atomic mass is 32.1. The molecule has 8 nitrogen and oxygen atoms in total. The lowest BCUT2D eigenvalue weighted by Gasteiger charge is -2.32. The highest BCUT2D eigenvalue weighted by molar-refractivity contribution is 7.15. The van der Waals surface area contributed by atoms with E-state index in [1.54, 1.807) is 11.8 Å². The maximum Gasteiger partial charge on any atom is 0.407 e. The second kappa shape index (κ2) is 8.48. The fraction of sp³-hybridized carbons (Fsp3) is 0.647. The Bertz CT molecular complexity index is 660. The van der Waals surface area contributed by atoms with Crippen molar-refractivity contribution >= 4 is 29.3 Å². The molecule has 0 saturated carbocycles. The Balaban J connectivity index is 1.85. The number of carbonyl (C=O) groups is 3. The van der Waals surface area contributed by atoms with Crippen LogP contribution in [-0.4, -0.2) is 59.2 Å². The van der Waals surface area contributed by atoms with Crippen molar-refractivity contribution in [2.45, 2.75) is 52.2 Å². The summed E-state index contributed by atoms with van der Waals surface area (Å²) < 4.78 is 10.1. The number of hydrogen-bond acceptors (Lipinski definition) is 7. The number of rotatable bonds is 4. The van der Waals surface area contributed by atoms with Gasteiger partial charge in [-0.1, -0.05) is 0 Å². The molecule has 0 unspecified atom stereocenters. The molecule has 1 aromatic rings. The molecule has 0 radical (unpaired) electrons. The van der Waals surface area contributed by atoms with E-state index in [1.165, 1.54) is 6.20 Å². The summed E-state index contributed by atoms with van der Waals surface area (Å²) in [6, 6.07) is -0.0227. The lowest BCUT2D eigenvalue weighted by Crippen LogP contribution is -2.47. The quantitative estimate of drug-likeness (QED) is 0.802. The average molecular weight is 383 g/mol. The van der Waals surface area contributed by atoms with Crippen molar-refractivity contribution in [3.8, 4) is 0 Å². The Kier molecular flexibility index (Phi) is 6.57. The second-order valence-corrected chi connectivity index (χ2v) is 7.99. The third-order valence-corrected chi connectivity index (χ3v) is 4.63. The number of nitrogens with one attached hydrogen (secondary N) is 1. The number of ether oxygens (including phenoxy) is 2. The van der Waals surface area contributed by atoms with Crippen LogP contribution in [0.2, 0.25) is 0 Å². The Hall–Kier alpha value is -2.16. The fourth-order valence-electron chi connectivity index (χ4n) is 2.52. The van der Waals surface area contributed by atoms with Crippen LogP contribution in [0.25, 0.3) is 0 Å². The molecule has 2 rings (SSSR count). The van der Waals surface area contributed by atoms with Crippen LogP contribution in [0.15, 0.2) is 6.20 Å². The predicted octanol–water partition coefficient (Wildman–Crippen LogP) is 2.45. The minimum atomic E-state index is -0.538. The summed E-state index contributed by atoms with van der Waals surface area (Å²) in [6.07, 6.45) is 2.26. The standard InChI is InChI=1S/C17H25N3O5S/c1-5-24-15(22)13-18-10-12(26-13)14(21)20-8-6-11(7-9-20)19-16(23)25-17(2,3)4/h10-11H,5-9H2,1-4H3,(H,19,23). The summed E-state index contributed by atoms with van der Waals surface area (Å²) in [4.78, 5) is 42.1. The summed E-state index contributed by atoms with van der Waals surface area (Å²) in [5, 5.41) is 3.02. The first kappa shape index (κ1) is 20.2. The van der Waals surface area contributed by atoms with Crippen molar-refractivity contribution in [3.63, 3.8) is 0 Å². The smallest absolute Gasteiger partial charge is 0.407 e. The van der Waals surface area contributed by atoms with Crippen LogP contribution in [-0.2, 0) is 9.47 Å². The number of alkyl carbamates (subject to hydrolysis) is 1. The average Bonchev–Trinajstić information content (AvgIpc) is 3.03. The van der Waals surface area contributed by atoms with Gasteiger partial charge in [0.25, 0.3) is 5.91 Å². The summed E-state index contributed by atoms with van der Waals surface area (Å²) in [7, 11) is 0. The molecule has 0 aromatic carbocycles. The normalized spacial score (nSPS) is 15.5. The molecule has 0 spiro atoms. The van der Waals surface area contributed by atoms with Crippen LogP contribution in [0.3, 0.4) is 0 Å². The SMILES string of the molecule is CCOC(=O)c1ncc(C(=O)N2CCC(NC(=O)OC(C)(C)C)CC2)s1. The van der Waals surface area contributed by atoms with Gasteiger partial charge in [-0.2, -0.15) is 0 Å². The highest BCUT2D eigenvalue weighted by Crippen LogP contribution is 2.19. The minimum Gasteiger partial charge on any atom is -0.461 e. The lowest BCUT2D eigenvalue weighted by molar-refractivity contribution is 0.0471. The van der Waals surface area contributed by atoms with E-state index >= 15 is 0 Å². The number of likely N-dealkylation sites (tertiary alicyclic amines) is 1. The molecular weight excluding hydrogens is 358 g/mol. The van der Waals surface area contributed by atoms with Crippen LogP contribution in [0.4, 0.5) is 4.79 Å². The van der Waals surface area contributed by atoms with Crippen LogP contribution in [0, 0.1) is 0 Å². The van der Waals surface area contributed by atoms with Gasteiger partial charge < -0.3 is 19.7 Å². The molecule has 0 aliphatic carbocycles. The zero-order valence-corrected chi connectivity index (χ0v) is 16.4. The molecule has 1 fully saturated rings. The molecule has 1 aliphatic heterocycles. The topological polar surface area (TPSA) is 97.8 Å². The molecule has 26 heavy (non-hydrogen) atoms. The number of aromatic nitrogens is 1. The number of nitrogens with zero attached hydrogens (tertiary/aromatic N) is 2. The molecule has 1 aliphatic rings. The van der Waals surface area contributed by atoms with Gasteiger partial charge in [0.1, 0.15) is 10.5 Å². The molecule has 0 atom stereocenters. The van der Waals surface area contributed by atoms with Gasteiger partial charge in [-0.05, 0) is 40.5 Å². The highest BCUT2D eigenvalue weighted by Gasteiger charge is 2.27. The van der Waals surface area contributed by atoms with Crippen molar-refractivity contribution in [2.24, 2.45) is 0 Å². The predicted molar refractivity (Wildman–Crippen MR) is 96.4 cm³/mol. The van der Waals surface area contributed by atoms with Crippen molar-refractivity contribution in [1.82, 2.24) is 15.2 Å². The molecule has 9 heteroatoms. The van der Waals surface area contributed by atoms with Gasteiger partial charge in [-0.25, -0.2) is 14.6 Å². The van der Waals surface area contributed by atoms with Crippen molar-refractivity contribution in [3.05, 3.63) is 16.1 Å². The Morgan fingerprint density at radius 2 is 1.96 bits per heavy atom. The van der Waals surface area contributed by atoms with E-state index in [9.17, 15) is 14.4 Å². The molecular formula is C17H25N3O5S. The third-order valence-electron chi connectivity index (χ3n) is 3.67. The van der Waals surface area contributed by atoms with E-state index < -0.39 is 17.7 Å². The van der Waals surface area contributed by atoms with Crippen molar-refractivity contribution in [2.75, 3.05) is 19.7 Å². The fourth-order valence-corrected chi connectivity index (χ4v) is 3.29. The van der Waals surface area contributed by atoms with Gasteiger partial charge >= 0.3 is 12.1 Å². The Morgan fingerprint density at radius 3 is 2.54 bits per heavy atom. The van der Waals surface area contributed by atoms with Crippen LogP contribution in [0.1, 0.15) is 60.0 Å². The zero-order chi connectivity index (χ0) is 19.3. The van der Waals surface area contributed by atoms with Gasteiger partial charge in [-0.15, -0.1) is 11.3 Å². The molecule has 0 bridgehead atoms. The van der Waals surface area contributed by atoms with E-state index in [4.69, 9.17) is 9.47 Å². The van der Waals surface area contributed by atoms with Gasteiger partial charge in [0.15, 0.2) is 0 Å². The number of piperidine rings is 1. The first-order chi connectivity index (χ1) is 12.2. The largest absolute Gasteiger partial charge is 0.461 e. The van der Waals surface area contributed by atoms with Crippen molar-refractivity contribution in [1.29, 1.82) is 0 Å². The molecule has 2 heterocycles. The summed E-state index contributed by atoms with van der Waals surface area (Å²) in [5.41, 5.74) is -0.538. The minimum absolute atomic E-state index is 0.0227. The number of amides is 2. The van der Waals surface area contributed by atoms with Gasteiger partial charge in [0, 0.05) is 19.1 Å². The molecule has 1 aromatic heterocycles. The van der Waals surface area contributed by atoms with E-state index in [0.717, 1.165) is 11.3 Å². The number of esters is 1. The van der Waals surface area contributed by atoms with Gasteiger partial charge in [0.05, 0.1) is 12.8 Å². The van der Waals surface area contributed by atoms with E-state index in [2.05, 4.69) is 10.3 Å². The van der Waals surface area contributed by atoms with E-state index in [-0.39, 0.29) is 23.6 Å². The summed E-state index contributed by atoms with van der Waals surface area (Å²) >= 11 is 1.03. The Labute approximate surface area is 156 Å². The molecule has 144 valence electrons. The van der Waals surface area contributed by atoms with Crippen LogP contribution in [0.5, 0.6) is 0 Å². The van der Waals surface area contributed by atoms with E-state index in [1.807, 2.05) is 20.8 Å². The molecule has 1 N–H and O–H groups in total. The number of hydrogen-bond donors (Lipinski definition) is 1. The second-order valence-electron chi connectivity index (χ2n) is 6.96. The first-order valence-electron chi connectivity index (χ1n) is 8.61. The maximum atomic E-state index is 12.5. The third kappa shape index (κ3) is 5.69.